The minimum absolute atomic E-state index is 0.0207. The molecule has 1 rings (SSSR count). The van der Waals surface area contributed by atoms with E-state index in [9.17, 15) is 5.11 Å². The third-order valence-corrected chi connectivity index (χ3v) is 3.41. The summed E-state index contributed by atoms with van der Waals surface area (Å²) in [7, 11) is 0. The summed E-state index contributed by atoms with van der Waals surface area (Å²) in [5, 5.41) is 13.0. The maximum absolute atomic E-state index is 9.37. The van der Waals surface area contributed by atoms with Gasteiger partial charge in [-0.1, -0.05) is 32.6 Å². The molecule has 0 aromatic carbocycles. The molecule has 2 N–H and O–H groups in total. The predicted molar refractivity (Wildman–Crippen MR) is 65.0 cm³/mol. The molecular weight excluding hydrogens is 186 g/mol. The van der Waals surface area contributed by atoms with E-state index < -0.39 is 0 Å². The summed E-state index contributed by atoms with van der Waals surface area (Å²) in [5.74, 6) is 0. The fourth-order valence-corrected chi connectivity index (χ4v) is 2.31. The summed E-state index contributed by atoms with van der Waals surface area (Å²) < 4.78 is 0. The lowest BCUT2D eigenvalue weighted by molar-refractivity contribution is 0.117. The Morgan fingerprint density at radius 3 is 2.33 bits per heavy atom. The van der Waals surface area contributed by atoms with Crippen LogP contribution in [0.1, 0.15) is 64.7 Å². The third kappa shape index (κ3) is 6.16. The summed E-state index contributed by atoms with van der Waals surface area (Å²) in [5.41, 5.74) is 0. The molecule has 0 amide bonds. The largest absolute Gasteiger partial charge is 0.393 e. The molecule has 15 heavy (non-hydrogen) atoms. The van der Waals surface area contributed by atoms with Crippen LogP contribution in [0.25, 0.3) is 0 Å². The number of rotatable bonds is 7. The van der Waals surface area contributed by atoms with Gasteiger partial charge in [0.25, 0.3) is 0 Å². The minimum atomic E-state index is -0.0207. The number of nitrogens with one attached hydrogen (secondary N) is 1. The number of hydrogen-bond donors (Lipinski definition) is 2. The lowest BCUT2D eigenvalue weighted by Gasteiger charge is -2.26. The zero-order valence-electron chi connectivity index (χ0n) is 10.2. The lowest BCUT2D eigenvalue weighted by atomic mass is 9.93. The molecule has 2 nitrogen and oxygen atoms in total. The Labute approximate surface area is 94.5 Å². The predicted octanol–water partition coefficient (Wildman–Crippen LogP) is 2.85. The van der Waals surface area contributed by atoms with Gasteiger partial charge < -0.3 is 10.4 Å². The summed E-state index contributed by atoms with van der Waals surface area (Å²) >= 11 is 0. The number of aliphatic hydroxyl groups excluding tert-OH is 1. The number of aliphatic hydroxyl groups is 1. The molecule has 0 atom stereocenters. The van der Waals surface area contributed by atoms with Gasteiger partial charge >= 0.3 is 0 Å². The van der Waals surface area contributed by atoms with Gasteiger partial charge in [-0.15, -0.1) is 0 Å². The molecule has 1 aliphatic carbocycles. The molecule has 0 saturated heterocycles. The number of hydrogen-bond acceptors (Lipinski definition) is 2. The highest BCUT2D eigenvalue weighted by atomic mass is 16.3. The first-order valence-corrected chi connectivity index (χ1v) is 6.74. The van der Waals surface area contributed by atoms with Crippen LogP contribution >= 0.6 is 0 Å². The molecule has 0 unspecified atom stereocenters. The van der Waals surface area contributed by atoms with Crippen molar-refractivity contribution in [3.8, 4) is 0 Å². The van der Waals surface area contributed by atoms with E-state index in [1.54, 1.807) is 0 Å². The highest BCUT2D eigenvalue weighted by Gasteiger charge is 2.18. The van der Waals surface area contributed by atoms with Gasteiger partial charge in [0.2, 0.25) is 0 Å². The van der Waals surface area contributed by atoms with E-state index >= 15 is 0 Å². The molecule has 0 aromatic rings. The Morgan fingerprint density at radius 1 is 1.00 bits per heavy atom. The van der Waals surface area contributed by atoms with Gasteiger partial charge in [-0.05, 0) is 38.6 Å². The smallest absolute Gasteiger partial charge is 0.0541 e. The molecule has 0 bridgehead atoms. The minimum Gasteiger partial charge on any atom is -0.393 e. The van der Waals surface area contributed by atoms with Gasteiger partial charge in [0.05, 0.1) is 6.10 Å². The van der Waals surface area contributed by atoms with E-state index in [1.807, 2.05) is 0 Å². The molecule has 1 saturated carbocycles. The van der Waals surface area contributed by atoms with Crippen LogP contribution in [0.2, 0.25) is 0 Å². The molecule has 0 aromatic heterocycles. The Balaban J connectivity index is 1.87. The zero-order chi connectivity index (χ0) is 10.9. The first kappa shape index (κ1) is 13.0. The molecule has 1 aliphatic rings. The van der Waals surface area contributed by atoms with Crippen LogP contribution in [0.4, 0.5) is 0 Å². The third-order valence-electron chi connectivity index (χ3n) is 3.41. The fraction of sp³-hybridized carbons (Fsp3) is 1.00. The standard InChI is InChI=1S/C13H27NO/c1-2-3-4-5-6-11-14-12-7-9-13(15)10-8-12/h12-15H,2-11H2,1H3. The topological polar surface area (TPSA) is 32.3 Å². The Morgan fingerprint density at radius 2 is 1.67 bits per heavy atom. The quantitative estimate of drug-likeness (QED) is 0.637. The van der Waals surface area contributed by atoms with Crippen molar-refractivity contribution in [2.24, 2.45) is 0 Å². The molecule has 0 aliphatic heterocycles. The van der Waals surface area contributed by atoms with E-state index in [4.69, 9.17) is 0 Å². The van der Waals surface area contributed by atoms with E-state index in [-0.39, 0.29) is 6.10 Å². The molecule has 90 valence electrons. The second-order valence-electron chi connectivity index (χ2n) is 4.87. The Bertz CT molecular complexity index is 141. The summed E-state index contributed by atoms with van der Waals surface area (Å²) in [6.45, 7) is 3.43. The number of unbranched alkanes of at least 4 members (excludes halogenated alkanes) is 4. The van der Waals surface area contributed by atoms with Gasteiger partial charge in [-0.2, -0.15) is 0 Å². The second-order valence-corrected chi connectivity index (χ2v) is 4.87. The van der Waals surface area contributed by atoms with Gasteiger partial charge in [-0.3, -0.25) is 0 Å². The highest BCUT2D eigenvalue weighted by Crippen LogP contribution is 2.18. The SMILES string of the molecule is CCCCCCCNC1CCC(O)CC1. The Kier molecular flexibility index (Phi) is 7.03. The van der Waals surface area contributed by atoms with Crippen molar-refractivity contribution < 1.29 is 5.11 Å². The maximum Gasteiger partial charge on any atom is 0.0541 e. The highest BCUT2D eigenvalue weighted by molar-refractivity contribution is 4.76. The average Bonchev–Trinajstić information content (AvgIpc) is 2.26. The summed E-state index contributed by atoms with van der Waals surface area (Å²) in [4.78, 5) is 0. The van der Waals surface area contributed by atoms with Crippen molar-refractivity contribution in [2.75, 3.05) is 6.54 Å². The fourth-order valence-electron chi connectivity index (χ4n) is 2.31. The van der Waals surface area contributed by atoms with Crippen LogP contribution < -0.4 is 5.32 Å². The van der Waals surface area contributed by atoms with Crippen LogP contribution in [0.15, 0.2) is 0 Å². The molecule has 0 heterocycles. The van der Waals surface area contributed by atoms with E-state index in [0.717, 1.165) is 25.7 Å². The monoisotopic (exact) mass is 213 g/mol. The molecule has 0 spiro atoms. The lowest BCUT2D eigenvalue weighted by Crippen LogP contribution is -2.35. The zero-order valence-corrected chi connectivity index (χ0v) is 10.2. The first-order chi connectivity index (χ1) is 7.33. The summed E-state index contributed by atoms with van der Waals surface area (Å²) in [6.07, 6.45) is 11.1. The van der Waals surface area contributed by atoms with E-state index in [0.29, 0.717) is 6.04 Å². The Hall–Kier alpha value is -0.0800. The van der Waals surface area contributed by atoms with Crippen molar-refractivity contribution in [3.05, 3.63) is 0 Å². The van der Waals surface area contributed by atoms with Crippen molar-refractivity contribution in [1.82, 2.24) is 5.32 Å². The first-order valence-electron chi connectivity index (χ1n) is 6.74. The van der Waals surface area contributed by atoms with E-state index in [2.05, 4.69) is 12.2 Å². The van der Waals surface area contributed by atoms with Crippen molar-refractivity contribution >= 4 is 0 Å². The molecule has 2 heteroatoms. The normalized spacial score (nSPS) is 26.8. The van der Waals surface area contributed by atoms with Crippen LogP contribution in [-0.4, -0.2) is 23.8 Å². The van der Waals surface area contributed by atoms with E-state index in [1.165, 1.54) is 38.6 Å². The van der Waals surface area contributed by atoms with Crippen molar-refractivity contribution in [3.63, 3.8) is 0 Å². The van der Waals surface area contributed by atoms with Crippen LogP contribution in [0.5, 0.6) is 0 Å². The molecule has 0 radical (unpaired) electrons. The van der Waals surface area contributed by atoms with Crippen molar-refractivity contribution in [2.45, 2.75) is 76.9 Å². The second kappa shape index (κ2) is 8.12. The van der Waals surface area contributed by atoms with Gasteiger partial charge in [0, 0.05) is 6.04 Å². The maximum atomic E-state index is 9.37. The van der Waals surface area contributed by atoms with Gasteiger partial charge in [0.1, 0.15) is 0 Å². The van der Waals surface area contributed by atoms with Crippen LogP contribution in [0.3, 0.4) is 0 Å². The van der Waals surface area contributed by atoms with Crippen molar-refractivity contribution in [1.29, 1.82) is 0 Å². The molecule has 1 fully saturated rings. The average molecular weight is 213 g/mol. The molecular formula is C13H27NO. The summed E-state index contributed by atoms with van der Waals surface area (Å²) in [6, 6.07) is 0.680. The van der Waals surface area contributed by atoms with Gasteiger partial charge in [0.15, 0.2) is 0 Å². The van der Waals surface area contributed by atoms with Gasteiger partial charge in [-0.25, -0.2) is 0 Å². The van der Waals surface area contributed by atoms with Crippen LogP contribution in [0, 0.1) is 0 Å². The van der Waals surface area contributed by atoms with Crippen LogP contribution in [-0.2, 0) is 0 Å².